The predicted molar refractivity (Wildman–Crippen MR) is 123 cm³/mol. The van der Waals surface area contributed by atoms with Crippen LogP contribution in [0.25, 0.3) is 0 Å². The molecule has 1 heterocycles. The summed E-state index contributed by atoms with van der Waals surface area (Å²) in [4.78, 5) is 7.91. The van der Waals surface area contributed by atoms with Crippen LogP contribution < -0.4 is 20.1 Å². The van der Waals surface area contributed by atoms with Crippen LogP contribution in [0.3, 0.4) is 0 Å². The first kappa shape index (κ1) is 24.2. The molecule has 0 atom stereocenters. The van der Waals surface area contributed by atoms with E-state index in [1.165, 1.54) is 0 Å². The lowest BCUT2D eigenvalue weighted by atomic mass is 10.2. The van der Waals surface area contributed by atoms with Gasteiger partial charge in [-0.05, 0) is 75.7 Å². The number of alkyl halides is 3. The van der Waals surface area contributed by atoms with E-state index in [0.717, 1.165) is 12.6 Å². The Labute approximate surface area is 191 Å². The summed E-state index contributed by atoms with van der Waals surface area (Å²) in [5.41, 5.74) is -0.253. The Bertz CT molecular complexity index is 1050. The zero-order chi connectivity index (χ0) is 24.1. The molecule has 2 aromatic carbocycles. The van der Waals surface area contributed by atoms with Gasteiger partial charge in [0, 0.05) is 17.6 Å². The maximum atomic E-state index is 13.5. The molecule has 0 aliphatic carbocycles. The van der Waals surface area contributed by atoms with Crippen LogP contribution in [-0.4, -0.2) is 22.2 Å². The van der Waals surface area contributed by atoms with Crippen LogP contribution in [0.4, 0.5) is 36.3 Å². The summed E-state index contributed by atoms with van der Waals surface area (Å²) in [7, 11) is 0. The van der Waals surface area contributed by atoms with Gasteiger partial charge in [0.05, 0.1) is 6.61 Å². The second-order valence-corrected chi connectivity index (χ2v) is 8.32. The molecule has 6 nitrogen and oxygen atoms in total. The summed E-state index contributed by atoms with van der Waals surface area (Å²) >= 11 is 0. The van der Waals surface area contributed by atoms with Crippen molar-refractivity contribution in [1.29, 1.82) is 0 Å². The summed E-state index contributed by atoms with van der Waals surface area (Å²) in [5.74, 6) is 0.991. The maximum absolute atomic E-state index is 13.5. The standard InChI is InChI=1S/C24H27F3N4O2/c1-5-14-32-18-10-6-16(7-11-18)29-21-20(24(25,26)27)15-28-22(31-21)30-17-8-12-19(13-9-17)33-23(2,3)4/h6-13,15H,5,14H2,1-4H3,(H2,28,29,30,31). The van der Waals surface area contributed by atoms with Crippen LogP contribution in [-0.2, 0) is 6.18 Å². The van der Waals surface area contributed by atoms with Gasteiger partial charge in [0.1, 0.15) is 28.5 Å². The van der Waals surface area contributed by atoms with E-state index in [0.29, 0.717) is 29.5 Å². The Morgan fingerprint density at radius 2 is 1.42 bits per heavy atom. The first-order chi connectivity index (χ1) is 15.5. The van der Waals surface area contributed by atoms with Crippen LogP contribution in [0, 0.1) is 0 Å². The van der Waals surface area contributed by atoms with Crippen LogP contribution in [0.15, 0.2) is 54.7 Å². The van der Waals surface area contributed by atoms with Gasteiger partial charge in [-0.3, -0.25) is 0 Å². The predicted octanol–water partition coefficient (Wildman–Crippen LogP) is 6.95. The van der Waals surface area contributed by atoms with Gasteiger partial charge in [0.15, 0.2) is 0 Å². The number of ether oxygens (including phenoxy) is 2. The number of hydrogen-bond acceptors (Lipinski definition) is 6. The second-order valence-electron chi connectivity index (χ2n) is 8.32. The summed E-state index contributed by atoms with van der Waals surface area (Å²) in [6.07, 6.45) is -3.00. The molecule has 2 N–H and O–H groups in total. The Hall–Kier alpha value is -3.49. The van der Waals surface area contributed by atoms with Crippen molar-refractivity contribution in [2.24, 2.45) is 0 Å². The van der Waals surface area contributed by atoms with Crippen LogP contribution in [0.2, 0.25) is 0 Å². The zero-order valence-electron chi connectivity index (χ0n) is 19.0. The van der Waals surface area contributed by atoms with E-state index in [1.54, 1.807) is 48.5 Å². The SMILES string of the molecule is CCCOc1ccc(Nc2nc(Nc3ccc(OC(C)(C)C)cc3)ncc2C(F)(F)F)cc1. The van der Waals surface area contributed by atoms with E-state index in [-0.39, 0.29) is 17.4 Å². The molecule has 0 saturated carbocycles. The average Bonchev–Trinajstić information content (AvgIpc) is 2.73. The van der Waals surface area contributed by atoms with Crippen molar-refractivity contribution in [1.82, 2.24) is 9.97 Å². The molecular weight excluding hydrogens is 433 g/mol. The maximum Gasteiger partial charge on any atom is 0.421 e. The number of anilines is 4. The van der Waals surface area contributed by atoms with Gasteiger partial charge in [0.2, 0.25) is 5.95 Å². The monoisotopic (exact) mass is 460 g/mol. The number of nitrogens with one attached hydrogen (secondary N) is 2. The van der Waals surface area contributed by atoms with Crippen molar-refractivity contribution in [3.8, 4) is 11.5 Å². The number of rotatable bonds is 8. The minimum absolute atomic E-state index is 0.0258. The Kier molecular flexibility index (Phi) is 7.30. The molecule has 0 bridgehead atoms. The molecule has 1 aromatic heterocycles. The van der Waals surface area contributed by atoms with Gasteiger partial charge >= 0.3 is 6.18 Å². The summed E-state index contributed by atoms with van der Waals surface area (Å²) < 4.78 is 51.8. The van der Waals surface area contributed by atoms with Crippen LogP contribution >= 0.6 is 0 Å². The van der Waals surface area contributed by atoms with E-state index >= 15 is 0 Å². The topological polar surface area (TPSA) is 68.3 Å². The fraction of sp³-hybridized carbons (Fsp3) is 0.333. The molecule has 0 amide bonds. The minimum atomic E-state index is -4.61. The van der Waals surface area contributed by atoms with Crippen molar-refractivity contribution in [2.75, 3.05) is 17.2 Å². The third kappa shape index (κ3) is 7.27. The second kappa shape index (κ2) is 9.97. The lowest BCUT2D eigenvalue weighted by Gasteiger charge is -2.21. The summed E-state index contributed by atoms with van der Waals surface area (Å²) in [5, 5.41) is 5.66. The van der Waals surface area contributed by atoms with Crippen molar-refractivity contribution in [3.05, 3.63) is 60.3 Å². The normalized spacial score (nSPS) is 11.7. The zero-order valence-corrected chi connectivity index (χ0v) is 19.0. The van der Waals surface area contributed by atoms with E-state index in [1.807, 2.05) is 27.7 Å². The Morgan fingerprint density at radius 3 is 1.97 bits per heavy atom. The smallest absolute Gasteiger partial charge is 0.421 e. The van der Waals surface area contributed by atoms with Gasteiger partial charge in [-0.1, -0.05) is 6.92 Å². The first-order valence-electron chi connectivity index (χ1n) is 10.5. The molecular formula is C24H27F3N4O2. The first-order valence-corrected chi connectivity index (χ1v) is 10.5. The molecule has 3 aromatic rings. The van der Waals surface area contributed by atoms with Crippen LogP contribution in [0.5, 0.6) is 11.5 Å². The quantitative estimate of drug-likeness (QED) is 0.379. The fourth-order valence-electron chi connectivity index (χ4n) is 2.82. The lowest BCUT2D eigenvalue weighted by Crippen LogP contribution is -2.22. The molecule has 3 rings (SSSR count). The van der Waals surface area contributed by atoms with E-state index in [9.17, 15) is 13.2 Å². The highest BCUT2D eigenvalue weighted by Gasteiger charge is 2.35. The van der Waals surface area contributed by atoms with Gasteiger partial charge in [-0.15, -0.1) is 0 Å². The molecule has 0 aliphatic rings. The number of hydrogen-bond donors (Lipinski definition) is 2. The average molecular weight is 461 g/mol. The van der Waals surface area contributed by atoms with Crippen molar-refractivity contribution < 1.29 is 22.6 Å². The van der Waals surface area contributed by atoms with Crippen LogP contribution in [0.1, 0.15) is 39.7 Å². The molecule has 0 aliphatic heterocycles. The molecule has 0 radical (unpaired) electrons. The number of benzene rings is 2. The number of halogens is 3. The highest BCUT2D eigenvalue weighted by Crippen LogP contribution is 2.35. The molecule has 9 heteroatoms. The summed E-state index contributed by atoms with van der Waals surface area (Å²) in [6, 6.07) is 13.6. The van der Waals surface area contributed by atoms with E-state index < -0.39 is 11.7 Å². The number of aromatic nitrogens is 2. The third-order valence-corrected chi connectivity index (χ3v) is 4.22. The minimum Gasteiger partial charge on any atom is -0.494 e. The molecule has 176 valence electrons. The lowest BCUT2D eigenvalue weighted by molar-refractivity contribution is -0.137. The molecule has 0 fully saturated rings. The molecule has 33 heavy (non-hydrogen) atoms. The van der Waals surface area contributed by atoms with Crippen molar-refractivity contribution >= 4 is 23.1 Å². The highest BCUT2D eigenvalue weighted by molar-refractivity contribution is 5.63. The molecule has 0 saturated heterocycles. The van der Waals surface area contributed by atoms with Gasteiger partial charge in [0.25, 0.3) is 0 Å². The van der Waals surface area contributed by atoms with E-state index in [2.05, 4.69) is 20.6 Å². The largest absolute Gasteiger partial charge is 0.494 e. The van der Waals surface area contributed by atoms with Gasteiger partial charge < -0.3 is 20.1 Å². The fourth-order valence-corrected chi connectivity index (χ4v) is 2.82. The van der Waals surface area contributed by atoms with E-state index in [4.69, 9.17) is 9.47 Å². The third-order valence-electron chi connectivity index (χ3n) is 4.22. The summed E-state index contributed by atoms with van der Waals surface area (Å²) in [6.45, 7) is 8.37. The number of nitrogens with zero attached hydrogens (tertiary/aromatic N) is 2. The van der Waals surface area contributed by atoms with Crippen molar-refractivity contribution in [2.45, 2.75) is 45.9 Å². The molecule has 0 unspecified atom stereocenters. The highest BCUT2D eigenvalue weighted by atomic mass is 19.4. The van der Waals surface area contributed by atoms with Gasteiger partial charge in [-0.2, -0.15) is 18.2 Å². The Balaban J connectivity index is 1.80. The van der Waals surface area contributed by atoms with Gasteiger partial charge in [-0.25, -0.2) is 4.98 Å². The van der Waals surface area contributed by atoms with Crippen molar-refractivity contribution in [3.63, 3.8) is 0 Å². The molecule has 0 spiro atoms. The Morgan fingerprint density at radius 1 is 0.848 bits per heavy atom.